The average Bonchev–Trinajstić information content (AvgIpc) is 3.32. The van der Waals surface area contributed by atoms with Gasteiger partial charge in [-0.25, -0.2) is 0 Å². The molecule has 1 saturated carbocycles. The summed E-state index contributed by atoms with van der Waals surface area (Å²) in [5.74, 6) is 1.86. The van der Waals surface area contributed by atoms with E-state index in [1.807, 2.05) is 37.3 Å². The molecule has 0 bridgehead atoms. The fourth-order valence-electron chi connectivity index (χ4n) is 4.36. The number of amides is 2. The highest BCUT2D eigenvalue weighted by Gasteiger charge is 2.30. The number of thioether (sulfide) groups is 1. The molecule has 0 aromatic heterocycles. The third kappa shape index (κ3) is 7.53. The summed E-state index contributed by atoms with van der Waals surface area (Å²) >= 11 is 1.60. The molecule has 2 amide bonds. The summed E-state index contributed by atoms with van der Waals surface area (Å²) in [6.07, 6.45) is 4.96. The van der Waals surface area contributed by atoms with Crippen LogP contribution in [0.3, 0.4) is 0 Å². The number of nitrogens with zero attached hydrogens (tertiary/aromatic N) is 1. The summed E-state index contributed by atoms with van der Waals surface area (Å²) in [4.78, 5) is 28.3. The summed E-state index contributed by atoms with van der Waals surface area (Å²) in [7, 11) is 1.64. The Balaban J connectivity index is 1.70. The van der Waals surface area contributed by atoms with Gasteiger partial charge in [0.05, 0.1) is 12.9 Å². The van der Waals surface area contributed by atoms with Crippen LogP contribution in [-0.4, -0.2) is 41.7 Å². The molecule has 1 aliphatic carbocycles. The van der Waals surface area contributed by atoms with Gasteiger partial charge < -0.3 is 15.0 Å². The molecule has 1 N–H and O–H groups in total. The molecule has 1 atom stereocenters. The van der Waals surface area contributed by atoms with Crippen LogP contribution >= 0.6 is 11.8 Å². The monoisotopic (exact) mass is 468 g/mol. The lowest BCUT2D eigenvalue weighted by molar-refractivity contribution is -0.139. The largest absolute Gasteiger partial charge is 0.497 e. The molecule has 0 radical (unpaired) electrons. The van der Waals surface area contributed by atoms with Gasteiger partial charge in [-0.2, -0.15) is 0 Å². The molecule has 178 valence electrons. The van der Waals surface area contributed by atoms with E-state index in [9.17, 15) is 9.59 Å². The zero-order valence-electron chi connectivity index (χ0n) is 20.0. The van der Waals surface area contributed by atoms with Crippen LogP contribution in [-0.2, 0) is 21.9 Å². The SMILES string of the molecule is CCC(C(=O)NC1CCCC1)N(Cc1ccc(OC)cc1)C(=O)CSCc1cccc(C)c1. The summed E-state index contributed by atoms with van der Waals surface area (Å²) in [5, 5.41) is 3.20. The molecule has 33 heavy (non-hydrogen) atoms. The smallest absolute Gasteiger partial charge is 0.243 e. The molecule has 0 heterocycles. The van der Waals surface area contributed by atoms with Crippen molar-refractivity contribution >= 4 is 23.6 Å². The van der Waals surface area contributed by atoms with Gasteiger partial charge in [-0.15, -0.1) is 11.8 Å². The van der Waals surface area contributed by atoms with E-state index in [4.69, 9.17) is 4.74 Å². The van der Waals surface area contributed by atoms with Crippen molar-refractivity contribution in [2.24, 2.45) is 0 Å². The lowest BCUT2D eigenvalue weighted by Gasteiger charge is -2.31. The van der Waals surface area contributed by atoms with Gasteiger partial charge in [0.15, 0.2) is 0 Å². The summed E-state index contributed by atoms with van der Waals surface area (Å²) in [6, 6.07) is 15.8. The van der Waals surface area contributed by atoms with Crippen LogP contribution in [0.25, 0.3) is 0 Å². The van der Waals surface area contributed by atoms with E-state index in [1.165, 1.54) is 11.1 Å². The van der Waals surface area contributed by atoms with E-state index in [0.717, 1.165) is 42.7 Å². The molecule has 1 aliphatic rings. The van der Waals surface area contributed by atoms with Gasteiger partial charge in [-0.1, -0.05) is 61.7 Å². The molecular formula is C27H36N2O3S. The van der Waals surface area contributed by atoms with Gasteiger partial charge in [-0.05, 0) is 49.4 Å². The van der Waals surface area contributed by atoms with Crippen molar-refractivity contribution in [3.63, 3.8) is 0 Å². The highest BCUT2D eigenvalue weighted by atomic mass is 32.2. The van der Waals surface area contributed by atoms with Crippen LogP contribution in [0.1, 0.15) is 55.7 Å². The molecule has 1 unspecified atom stereocenters. The zero-order valence-corrected chi connectivity index (χ0v) is 20.8. The number of hydrogen-bond acceptors (Lipinski definition) is 4. The van der Waals surface area contributed by atoms with Crippen LogP contribution < -0.4 is 10.1 Å². The molecule has 2 aromatic carbocycles. The molecule has 1 fully saturated rings. The number of carbonyl (C=O) groups is 2. The lowest BCUT2D eigenvalue weighted by Crippen LogP contribution is -2.51. The number of methoxy groups -OCH3 is 1. The van der Waals surface area contributed by atoms with Crippen LogP contribution in [0.5, 0.6) is 5.75 Å². The first-order valence-corrected chi connectivity index (χ1v) is 13.0. The first kappa shape index (κ1) is 25.2. The Bertz CT molecular complexity index is 910. The minimum atomic E-state index is -0.472. The first-order valence-electron chi connectivity index (χ1n) is 11.9. The zero-order chi connectivity index (χ0) is 23.6. The minimum Gasteiger partial charge on any atom is -0.497 e. The predicted octanol–water partition coefficient (Wildman–Crippen LogP) is 5.10. The fourth-order valence-corrected chi connectivity index (χ4v) is 5.21. The molecule has 0 saturated heterocycles. The second-order valence-electron chi connectivity index (χ2n) is 8.77. The molecular weight excluding hydrogens is 432 g/mol. The highest BCUT2D eigenvalue weighted by Crippen LogP contribution is 2.21. The Kier molecular flexibility index (Phi) is 9.67. The van der Waals surface area contributed by atoms with Crippen LogP contribution in [0.15, 0.2) is 48.5 Å². The van der Waals surface area contributed by atoms with Crippen molar-refractivity contribution in [1.29, 1.82) is 0 Å². The van der Waals surface area contributed by atoms with Gasteiger partial charge >= 0.3 is 0 Å². The second-order valence-corrected chi connectivity index (χ2v) is 9.75. The number of rotatable bonds is 11. The quantitative estimate of drug-likeness (QED) is 0.498. The molecule has 2 aromatic rings. The molecule has 0 aliphatic heterocycles. The molecule has 0 spiro atoms. The number of carbonyl (C=O) groups excluding carboxylic acids is 2. The van der Waals surface area contributed by atoms with Crippen molar-refractivity contribution in [2.45, 2.75) is 70.3 Å². The third-order valence-electron chi connectivity index (χ3n) is 6.18. The molecule has 6 heteroatoms. The molecule has 3 rings (SSSR count). The van der Waals surface area contributed by atoms with Crippen molar-refractivity contribution in [2.75, 3.05) is 12.9 Å². The number of benzene rings is 2. The Labute approximate surface area is 202 Å². The van der Waals surface area contributed by atoms with Gasteiger partial charge in [-0.3, -0.25) is 9.59 Å². The van der Waals surface area contributed by atoms with E-state index in [1.54, 1.807) is 23.8 Å². The van der Waals surface area contributed by atoms with Gasteiger partial charge in [0, 0.05) is 18.3 Å². The fraction of sp³-hybridized carbons (Fsp3) is 0.481. The topological polar surface area (TPSA) is 58.6 Å². The minimum absolute atomic E-state index is 0.00288. The maximum absolute atomic E-state index is 13.4. The van der Waals surface area contributed by atoms with Crippen LogP contribution in [0.4, 0.5) is 0 Å². The molecule has 5 nitrogen and oxygen atoms in total. The van der Waals surface area contributed by atoms with Crippen molar-refractivity contribution in [1.82, 2.24) is 10.2 Å². The van der Waals surface area contributed by atoms with Crippen molar-refractivity contribution in [3.8, 4) is 5.75 Å². The Hall–Kier alpha value is -2.47. The first-order chi connectivity index (χ1) is 16.0. The number of hydrogen-bond donors (Lipinski definition) is 1. The Morgan fingerprint density at radius 3 is 2.48 bits per heavy atom. The van der Waals surface area contributed by atoms with Crippen LogP contribution in [0.2, 0.25) is 0 Å². The Morgan fingerprint density at radius 1 is 1.12 bits per heavy atom. The number of ether oxygens (including phenoxy) is 1. The average molecular weight is 469 g/mol. The van der Waals surface area contributed by atoms with E-state index in [-0.39, 0.29) is 17.9 Å². The van der Waals surface area contributed by atoms with Gasteiger partial charge in [0.25, 0.3) is 0 Å². The standard InChI is InChI=1S/C27H36N2O3S/c1-4-25(27(31)28-23-10-5-6-11-23)29(17-21-12-14-24(32-3)15-13-21)26(30)19-33-18-22-9-7-8-20(2)16-22/h7-9,12-16,23,25H,4-6,10-11,17-19H2,1-3H3,(H,28,31). The van der Waals surface area contributed by atoms with Gasteiger partial charge in [0.2, 0.25) is 11.8 Å². The van der Waals surface area contributed by atoms with E-state index in [2.05, 4.69) is 30.4 Å². The second kappa shape index (κ2) is 12.7. The van der Waals surface area contributed by atoms with E-state index in [0.29, 0.717) is 18.7 Å². The highest BCUT2D eigenvalue weighted by molar-refractivity contribution is 7.99. The normalized spacial score (nSPS) is 14.6. The van der Waals surface area contributed by atoms with Crippen molar-refractivity contribution < 1.29 is 14.3 Å². The number of aryl methyl sites for hydroxylation is 1. The van der Waals surface area contributed by atoms with Crippen molar-refractivity contribution in [3.05, 3.63) is 65.2 Å². The summed E-state index contributed by atoms with van der Waals surface area (Å²) in [6.45, 7) is 4.46. The van der Waals surface area contributed by atoms with E-state index < -0.39 is 6.04 Å². The lowest BCUT2D eigenvalue weighted by atomic mass is 10.1. The predicted molar refractivity (Wildman–Crippen MR) is 135 cm³/mol. The third-order valence-corrected chi connectivity index (χ3v) is 7.16. The van der Waals surface area contributed by atoms with Crippen LogP contribution in [0, 0.1) is 6.92 Å². The number of nitrogens with one attached hydrogen (secondary N) is 1. The maximum atomic E-state index is 13.4. The maximum Gasteiger partial charge on any atom is 0.243 e. The summed E-state index contributed by atoms with van der Waals surface area (Å²) < 4.78 is 5.26. The van der Waals surface area contributed by atoms with E-state index >= 15 is 0 Å². The Morgan fingerprint density at radius 2 is 1.85 bits per heavy atom. The summed E-state index contributed by atoms with van der Waals surface area (Å²) in [5.41, 5.74) is 3.41. The van der Waals surface area contributed by atoms with Gasteiger partial charge in [0.1, 0.15) is 11.8 Å².